The van der Waals surface area contributed by atoms with Gasteiger partial charge in [-0.05, 0) is 42.7 Å². The number of aliphatic hydroxyl groups is 1. The van der Waals surface area contributed by atoms with Crippen molar-refractivity contribution in [3.8, 4) is 0 Å². The van der Waals surface area contributed by atoms with E-state index in [0.717, 1.165) is 37.3 Å². The number of furan rings is 1. The molecule has 156 valence electrons. The molecule has 29 heavy (non-hydrogen) atoms. The lowest BCUT2D eigenvalue weighted by Crippen LogP contribution is -2.31. The maximum atomic E-state index is 13.6. The van der Waals surface area contributed by atoms with Gasteiger partial charge >= 0.3 is 0 Å². The molecular weight excluding hydrogens is 369 g/mol. The Morgan fingerprint density at radius 2 is 1.97 bits per heavy atom. The molecule has 0 spiro atoms. The van der Waals surface area contributed by atoms with Crippen LogP contribution in [0.5, 0.6) is 0 Å². The highest BCUT2D eigenvalue weighted by molar-refractivity contribution is 5.18. The largest absolute Gasteiger partial charge is 0.462 e. The van der Waals surface area contributed by atoms with Crippen LogP contribution in [-0.2, 0) is 23.4 Å². The molecule has 1 N–H and O–H groups in total. The fourth-order valence-electron chi connectivity index (χ4n) is 3.85. The van der Waals surface area contributed by atoms with Crippen molar-refractivity contribution in [3.05, 3.63) is 84.6 Å². The first-order valence-electron chi connectivity index (χ1n) is 10.1. The molecule has 0 amide bonds. The molecule has 2 heterocycles. The van der Waals surface area contributed by atoms with Gasteiger partial charge < -0.3 is 14.3 Å². The zero-order valence-electron chi connectivity index (χ0n) is 16.9. The molecular formula is C24H30FNO3. The number of hydrogen-bond donors (Lipinski definition) is 1. The summed E-state index contributed by atoms with van der Waals surface area (Å²) < 4.78 is 25.4. The maximum absolute atomic E-state index is 13.6. The summed E-state index contributed by atoms with van der Waals surface area (Å²) in [6.45, 7) is 10.1. The summed E-state index contributed by atoms with van der Waals surface area (Å²) in [7, 11) is 0. The van der Waals surface area contributed by atoms with Gasteiger partial charge in [-0.25, -0.2) is 4.39 Å². The van der Waals surface area contributed by atoms with Crippen LogP contribution >= 0.6 is 0 Å². The van der Waals surface area contributed by atoms with E-state index >= 15 is 0 Å². The minimum absolute atomic E-state index is 0.177. The first-order valence-corrected chi connectivity index (χ1v) is 10.1. The molecule has 5 heteroatoms. The summed E-state index contributed by atoms with van der Waals surface area (Å²) in [6, 6.07) is 10.4. The van der Waals surface area contributed by atoms with Crippen LogP contribution in [0.2, 0.25) is 0 Å². The Bertz CT molecular complexity index is 800. The van der Waals surface area contributed by atoms with Gasteiger partial charge in [0.15, 0.2) is 0 Å². The van der Waals surface area contributed by atoms with Crippen molar-refractivity contribution in [1.29, 1.82) is 0 Å². The van der Waals surface area contributed by atoms with Crippen molar-refractivity contribution in [2.24, 2.45) is 0 Å². The topological polar surface area (TPSA) is 45.8 Å². The number of rotatable bonds is 11. The fourth-order valence-corrected chi connectivity index (χ4v) is 3.85. The molecule has 1 aliphatic heterocycles. The quantitative estimate of drug-likeness (QED) is 0.544. The fraction of sp³-hybridized carbons (Fsp3) is 0.417. The van der Waals surface area contributed by atoms with E-state index in [1.54, 1.807) is 24.3 Å². The number of ether oxygens (including phenoxy) is 1. The van der Waals surface area contributed by atoms with E-state index in [0.29, 0.717) is 31.7 Å². The van der Waals surface area contributed by atoms with Gasteiger partial charge in [0.05, 0.1) is 12.6 Å². The van der Waals surface area contributed by atoms with Crippen LogP contribution in [0.25, 0.3) is 0 Å². The second-order valence-corrected chi connectivity index (χ2v) is 7.72. The first-order chi connectivity index (χ1) is 14.0. The number of nitrogens with zero attached hydrogens (tertiary/aromatic N) is 1. The van der Waals surface area contributed by atoms with Crippen molar-refractivity contribution in [2.45, 2.75) is 50.5 Å². The highest BCUT2D eigenvalue weighted by Gasteiger charge is 2.30. The maximum Gasteiger partial charge on any atom is 0.136 e. The Balaban J connectivity index is 1.75. The average Bonchev–Trinajstić information content (AvgIpc) is 3.34. The smallest absolute Gasteiger partial charge is 0.136 e. The lowest BCUT2D eigenvalue weighted by atomic mass is 9.93. The second-order valence-electron chi connectivity index (χ2n) is 7.72. The van der Waals surface area contributed by atoms with E-state index in [4.69, 9.17) is 9.15 Å². The number of benzene rings is 1. The summed E-state index contributed by atoms with van der Waals surface area (Å²) >= 11 is 0. The molecule has 1 aromatic heterocycles. The molecule has 1 saturated heterocycles. The molecule has 1 fully saturated rings. The van der Waals surface area contributed by atoms with Gasteiger partial charge in [0.2, 0.25) is 0 Å². The van der Waals surface area contributed by atoms with E-state index in [1.807, 2.05) is 18.2 Å². The van der Waals surface area contributed by atoms with E-state index in [9.17, 15) is 9.50 Å². The van der Waals surface area contributed by atoms with Gasteiger partial charge in [-0.2, -0.15) is 0 Å². The van der Waals surface area contributed by atoms with Crippen LogP contribution < -0.4 is 0 Å². The Kier molecular flexibility index (Phi) is 7.42. The van der Waals surface area contributed by atoms with Crippen LogP contribution in [0.4, 0.5) is 4.39 Å². The predicted molar refractivity (Wildman–Crippen MR) is 112 cm³/mol. The summed E-state index contributed by atoms with van der Waals surface area (Å²) in [5.41, 5.74) is -0.228. The van der Waals surface area contributed by atoms with Crippen molar-refractivity contribution >= 4 is 0 Å². The van der Waals surface area contributed by atoms with Gasteiger partial charge in [-0.3, -0.25) is 4.90 Å². The molecule has 0 bridgehead atoms. The molecule has 0 unspecified atom stereocenters. The summed E-state index contributed by atoms with van der Waals surface area (Å²) in [5.74, 6) is 1.02. The van der Waals surface area contributed by atoms with Gasteiger partial charge in [0, 0.05) is 32.5 Å². The number of hydrogen-bond acceptors (Lipinski definition) is 4. The zero-order chi connectivity index (χ0) is 20.7. The Labute approximate surface area is 172 Å². The molecule has 4 nitrogen and oxygen atoms in total. The molecule has 1 atom stereocenters. The normalized spacial score (nSPS) is 17.0. The standard InChI is InChI=1S/C24H30FNO3/c1-3-12-24(27,13-4-2)23-11-10-22(29-23)18-26(17-21-9-6-14-28-21)16-19-7-5-8-20(25)15-19/h3-5,7-8,10-11,15,21,27H,1-2,6,9,12-14,16-18H2/t21-/m0/s1. The van der Waals surface area contributed by atoms with Gasteiger partial charge in [0.25, 0.3) is 0 Å². The molecule has 1 aliphatic rings. The van der Waals surface area contributed by atoms with Gasteiger partial charge in [0.1, 0.15) is 22.9 Å². The Morgan fingerprint density at radius 3 is 2.62 bits per heavy atom. The highest BCUT2D eigenvalue weighted by Crippen LogP contribution is 2.31. The first kappa shape index (κ1) is 21.5. The molecule has 3 rings (SSSR count). The summed E-state index contributed by atoms with van der Waals surface area (Å²) in [4.78, 5) is 2.20. The van der Waals surface area contributed by atoms with Crippen LogP contribution in [0.3, 0.4) is 0 Å². The van der Waals surface area contributed by atoms with Gasteiger partial charge in [-0.15, -0.1) is 13.2 Å². The predicted octanol–water partition coefficient (Wildman–Crippen LogP) is 4.94. The van der Waals surface area contributed by atoms with Crippen LogP contribution in [-0.4, -0.2) is 29.3 Å². The Hall–Kier alpha value is -2.21. The van der Waals surface area contributed by atoms with Crippen molar-refractivity contribution in [1.82, 2.24) is 4.90 Å². The summed E-state index contributed by atoms with van der Waals surface area (Å²) in [6.07, 6.45) is 6.40. The summed E-state index contributed by atoms with van der Waals surface area (Å²) in [5, 5.41) is 10.9. The SMILES string of the molecule is C=CCC(O)(CC=C)c1ccc(CN(Cc2cccc(F)c2)C[C@@H]2CCCO2)o1. The Morgan fingerprint density at radius 1 is 1.17 bits per heavy atom. The van der Waals surface area contributed by atoms with E-state index in [1.165, 1.54) is 6.07 Å². The lowest BCUT2D eigenvalue weighted by Gasteiger charge is -2.25. The van der Waals surface area contributed by atoms with E-state index < -0.39 is 5.60 Å². The van der Waals surface area contributed by atoms with E-state index in [-0.39, 0.29) is 11.9 Å². The molecule has 1 aromatic carbocycles. The molecule has 2 aromatic rings. The number of halogens is 1. The van der Waals surface area contributed by atoms with Crippen molar-refractivity contribution < 1.29 is 18.7 Å². The zero-order valence-corrected chi connectivity index (χ0v) is 16.9. The van der Waals surface area contributed by atoms with Crippen LogP contribution in [0.1, 0.15) is 42.8 Å². The van der Waals surface area contributed by atoms with E-state index in [2.05, 4.69) is 18.1 Å². The monoisotopic (exact) mass is 399 g/mol. The molecule has 0 radical (unpaired) electrons. The van der Waals surface area contributed by atoms with Crippen molar-refractivity contribution in [2.75, 3.05) is 13.2 Å². The average molecular weight is 400 g/mol. The third-order valence-electron chi connectivity index (χ3n) is 5.24. The highest BCUT2D eigenvalue weighted by atomic mass is 19.1. The minimum Gasteiger partial charge on any atom is -0.462 e. The molecule has 0 aliphatic carbocycles. The molecule has 0 saturated carbocycles. The van der Waals surface area contributed by atoms with Crippen molar-refractivity contribution in [3.63, 3.8) is 0 Å². The minimum atomic E-state index is -1.14. The van der Waals surface area contributed by atoms with Gasteiger partial charge in [-0.1, -0.05) is 24.3 Å². The third kappa shape index (κ3) is 5.89. The van der Waals surface area contributed by atoms with Crippen LogP contribution in [0.15, 0.2) is 66.1 Å². The lowest BCUT2D eigenvalue weighted by molar-refractivity contribution is 0.0177. The second kappa shape index (κ2) is 10.0. The third-order valence-corrected chi connectivity index (χ3v) is 5.24. The van der Waals surface area contributed by atoms with Crippen LogP contribution in [0, 0.1) is 5.82 Å².